The number of aromatic nitrogens is 1. The van der Waals surface area contributed by atoms with E-state index in [1.165, 1.54) is 0 Å². The molecule has 1 saturated heterocycles. The van der Waals surface area contributed by atoms with Gasteiger partial charge >= 0.3 is 0 Å². The van der Waals surface area contributed by atoms with Crippen molar-refractivity contribution in [1.29, 1.82) is 0 Å². The molecule has 1 aromatic heterocycles. The van der Waals surface area contributed by atoms with Crippen LogP contribution in [0, 0.1) is 5.41 Å². The first kappa shape index (κ1) is 13.5. The Morgan fingerprint density at radius 2 is 2.39 bits per heavy atom. The first-order chi connectivity index (χ1) is 8.50. The monoisotopic (exact) mass is 311 g/mol. The topological polar surface area (TPSA) is 54.0 Å². The van der Waals surface area contributed by atoms with Gasteiger partial charge in [-0.25, -0.2) is 4.98 Å². The van der Waals surface area contributed by atoms with Crippen LogP contribution in [0.3, 0.4) is 0 Å². The largest absolute Gasteiger partial charge is 0.308 e. The number of anilines is 1. The van der Waals surface area contributed by atoms with Crippen LogP contribution in [0.2, 0.25) is 0 Å². The fraction of sp³-hybridized carbons (Fsp3) is 0.538. The lowest BCUT2D eigenvalue weighted by molar-refractivity contribution is -0.121. The van der Waals surface area contributed by atoms with Crippen molar-refractivity contribution in [2.75, 3.05) is 11.9 Å². The highest BCUT2D eigenvalue weighted by atomic mass is 79.9. The van der Waals surface area contributed by atoms with Gasteiger partial charge in [-0.3, -0.25) is 4.79 Å². The molecule has 2 rings (SSSR count). The minimum absolute atomic E-state index is 0.0147. The number of hydrogen-bond acceptors (Lipinski definition) is 3. The third-order valence-corrected chi connectivity index (χ3v) is 4.03. The van der Waals surface area contributed by atoms with E-state index in [0.29, 0.717) is 5.82 Å². The molecule has 4 nitrogen and oxygen atoms in total. The molecule has 18 heavy (non-hydrogen) atoms. The van der Waals surface area contributed by atoms with E-state index in [1.807, 2.05) is 12.1 Å². The maximum absolute atomic E-state index is 12.3. The van der Waals surface area contributed by atoms with E-state index in [-0.39, 0.29) is 17.4 Å². The number of carbonyl (C=O) groups is 1. The molecule has 1 amide bonds. The van der Waals surface area contributed by atoms with E-state index in [0.717, 1.165) is 23.9 Å². The van der Waals surface area contributed by atoms with Crippen LogP contribution in [-0.4, -0.2) is 23.5 Å². The second kappa shape index (κ2) is 5.36. The normalized spacial score (nSPS) is 22.5. The second-order valence-corrected chi connectivity index (χ2v) is 6.16. The van der Waals surface area contributed by atoms with Gasteiger partial charge in [0.1, 0.15) is 5.82 Å². The lowest BCUT2D eigenvalue weighted by Gasteiger charge is -2.38. The van der Waals surface area contributed by atoms with Crippen molar-refractivity contribution in [2.45, 2.75) is 32.7 Å². The number of piperidine rings is 1. The lowest BCUT2D eigenvalue weighted by atomic mass is 9.77. The van der Waals surface area contributed by atoms with Gasteiger partial charge in [0.15, 0.2) is 0 Å². The predicted molar refractivity (Wildman–Crippen MR) is 75.4 cm³/mol. The molecular weight excluding hydrogens is 294 g/mol. The highest BCUT2D eigenvalue weighted by Gasteiger charge is 2.37. The van der Waals surface area contributed by atoms with Gasteiger partial charge in [0.05, 0.1) is 10.5 Å². The zero-order chi connectivity index (χ0) is 13.2. The highest BCUT2D eigenvalue weighted by Crippen LogP contribution is 2.31. The van der Waals surface area contributed by atoms with Gasteiger partial charge in [-0.15, -0.1) is 0 Å². The van der Waals surface area contributed by atoms with Gasteiger partial charge in [0, 0.05) is 6.20 Å². The molecule has 98 valence electrons. The average Bonchev–Trinajstić information content (AvgIpc) is 2.31. The summed E-state index contributed by atoms with van der Waals surface area (Å²) in [6.45, 7) is 5.14. The van der Waals surface area contributed by atoms with Crippen molar-refractivity contribution >= 4 is 27.7 Å². The van der Waals surface area contributed by atoms with Crippen molar-refractivity contribution in [2.24, 2.45) is 5.41 Å². The third-order valence-electron chi connectivity index (χ3n) is 3.39. The van der Waals surface area contributed by atoms with Crippen molar-refractivity contribution in [1.82, 2.24) is 10.3 Å². The van der Waals surface area contributed by atoms with E-state index in [2.05, 4.69) is 45.4 Å². The van der Waals surface area contributed by atoms with Gasteiger partial charge in [-0.05, 0) is 52.9 Å². The summed E-state index contributed by atoms with van der Waals surface area (Å²) in [7, 11) is 0. The summed E-state index contributed by atoms with van der Waals surface area (Å²) in [5.41, 5.74) is -0.0242. The van der Waals surface area contributed by atoms with Crippen LogP contribution in [-0.2, 0) is 4.79 Å². The SMILES string of the molecule is CC1(C)CCCNC1C(=O)Nc1ncccc1Br. The number of nitrogens with zero attached hydrogens (tertiary/aromatic N) is 1. The van der Waals surface area contributed by atoms with Crippen molar-refractivity contribution in [3.05, 3.63) is 22.8 Å². The van der Waals surface area contributed by atoms with E-state index < -0.39 is 0 Å². The molecule has 0 spiro atoms. The fourth-order valence-electron chi connectivity index (χ4n) is 2.33. The molecule has 1 aromatic rings. The van der Waals surface area contributed by atoms with Crippen LogP contribution in [0.5, 0.6) is 0 Å². The fourth-order valence-corrected chi connectivity index (χ4v) is 2.68. The Kier molecular flexibility index (Phi) is 4.02. The Bertz CT molecular complexity index is 448. The minimum Gasteiger partial charge on any atom is -0.308 e. The number of carbonyl (C=O) groups excluding carboxylic acids is 1. The molecule has 2 heterocycles. The summed E-state index contributed by atoms with van der Waals surface area (Å²) >= 11 is 3.38. The Balaban J connectivity index is 2.10. The number of pyridine rings is 1. The summed E-state index contributed by atoms with van der Waals surface area (Å²) in [5, 5.41) is 6.17. The maximum atomic E-state index is 12.3. The highest BCUT2D eigenvalue weighted by molar-refractivity contribution is 9.10. The first-order valence-corrected chi connectivity index (χ1v) is 6.95. The molecule has 1 unspecified atom stereocenters. The Labute approximate surface area is 116 Å². The summed E-state index contributed by atoms with van der Waals surface area (Å²) in [6, 6.07) is 3.52. The van der Waals surface area contributed by atoms with Gasteiger partial charge in [-0.1, -0.05) is 13.8 Å². The van der Waals surface area contributed by atoms with E-state index in [9.17, 15) is 4.79 Å². The molecule has 2 N–H and O–H groups in total. The van der Waals surface area contributed by atoms with E-state index >= 15 is 0 Å². The summed E-state index contributed by atoms with van der Waals surface area (Å²) in [4.78, 5) is 16.5. The molecule has 0 bridgehead atoms. The standard InChI is InChI=1S/C13H18BrN3O/c1-13(2)6-4-8-15-10(13)12(18)17-11-9(14)5-3-7-16-11/h3,5,7,10,15H,4,6,8H2,1-2H3,(H,16,17,18). The molecule has 1 aliphatic rings. The van der Waals surface area contributed by atoms with Crippen molar-refractivity contribution in [3.8, 4) is 0 Å². The molecular formula is C13H18BrN3O. The minimum atomic E-state index is -0.167. The molecule has 0 aliphatic carbocycles. The van der Waals surface area contributed by atoms with Gasteiger partial charge < -0.3 is 10.6 Å². The predicted octanol–water partition coefficient (Wildman–Crippen LogP) is 2.56. The zero-order valence-corrected chi connectivity index (χ0v) is 12.3. The quantitative estimate of drug-likeness (QED) is 0.882. The summed E-state index contributed by atoms with van der Waals surface area (Å²) in [6.07, 6.45) is 3.84. The molecule has 0 saturated carbocycles. The van der Waals surface area contributed by atoms with Crippen LogP contribution in [0.4, 0.5) is 5.82 Å². The summed E-state index contributed by atoms with van der Waals surface area (Å²) in [5.74, 6) is 0.560. The van der Waals surface area contributed by atoms with Gasteiger partial charge in [0.25, 0.3) is 0 Å². The summed E-state index contributed by atoms with van der Waals surface area (Å²) < 4.78 is 0.798. The Morgan fingerprint density at radius 1 is 1.61 bits per heavy atom. The van der Waals surface area contributed by atoms with Crippen LogP contribution >= 0.6 is 15.9 Å². The number of amides is 1. The Morgan fingerprint density at radius 3 is 3.06 bits per heavy atom. The average molecular weight is 312 g/mol. The molecule has 5 heteroatoms. The van der Waals surface area contributed by atoms with Gasteiger partial charge in [-0.2, -0.15) is 0 Å². The third kappa shape index (κ3) is 2.90. The van der Waals surface area contributed by atoms with Crippen molar-refractivity contribution < 1.29 is 4.79 Å². The molecule has 1 atom stereocenters. The first-order valence-electron chi connectivity index (χ1n) is 6.15. The molecule has 0 aromatic carbocycles. The van der Waals surface area contributed by atoms with Crippen LogP contribution in [0.1, 0.15) is 26.7 Å². The molecule has 0 radical (unpaired) electrons. The lowest BCUT2D eigenvalue weighted by Crippen LogP contribution is -2.53. The zero-order valence-electron chi connectivity index (χ0n) is 10.7. The molecule has 1 fully saturated rings. The van der Waals surface area contributed by atoms with E-state index in [4.69, 9.17) is 0 Å². The maximum Gasteiger partial charge on any atom is 0.243 e. The van der Waals surface area contributed by atoms with E-state index in [1.54, 1.807) is 6.20 Å². The number of hydrogen-bond donors (Lipinski definition) is 2. The smallest absolute Gasteiger partial charge is 0.243 e. The number of halogens is 1. The number of rotatable bonds is 2. The second-order valence-electron chi connectivity index (χ2n) is 5.30. The molecule has 1 aliphatic heterocycles. The number of nitrogens with one attached hydrogen (secondary N) is 2. The van der Waals surface area contributed by atoms with Crippen LogP contribution in [0.25, 0.3) is 0 Å². The Hall–Kier alpha value is -0.940. The van der Waals surface area contributed by atoms with Gasteiger partial charge in [0.2, 0.25) is 5.91 Å². The van der Waals surface area contributed by atoms with Crippen molar-refractivity contribution in [3.63, 3.8) is 0 Å². The van der Waals surface area contributed by atoms with Crippen LogP contribution in [0.15, 0.2) is 22.8 Å². The van der Waals surface area contributed by atoms with Crippen LogP contribution < -0.4 is 10.6 Å².